The Morgan fingerprint density at radius 1 is 1.33 bits per heavy atom. The van der Waals surface area contributed by atoms with E-state index in [2.05, 4.69) is 37.7 Å². The number of hydrogen-bond donors (Lipinski definition) is 1. The van der Waals surface area contributed by atoms with E-state index in [4.69, 9.17) is 5.11 Å². The van der Waals surface area contributed by atoms with E-state index in [1.54, 1.807) is 12.4 Å². The molecule has 2 rings (SSSR count). The Hall–Kier alpha value is -1.51. The van der Waals surface area contributed by atoms with Crippen LogP contribution in [0.25, 0.3) is 5.82 Å². The molecule has 0 aliphatic carbocycles. The van der Waals surface area contributed by atoms with Crippen molar-refractivity contribution in [2.75, 3.05) is 0 Å². The summed E-state index contributed by atoms with van der Waals surface area (Å²) in [5.74, 6) is -0.605. The van der Waals surface area contributed by atoms with Gasteiger partial charge in [0.1, 0.15) is 0 Å². The van der Waals surface area contributed by atoms with Crippen LogP contribution < -0.4 is 0 Å². The molecule has 0 unspecified atom stereocenters. The first-order valence-electron chi connectivity index (χ1n) is 3.93. The van der Waals surface area contributed by atoms with E-state index in [-0.39, 0.29) is 5.69 Å². The average molecular weight is 316 g/mol. The third kappa shape index (κ3) is 2.12. The molecule has 6 nitrogen and oxygen atoms in total. The van der Waals surface area contributed by atoms with Crippen molar-refractivity contribution in [1.29, 1.82) is 0 Å². The molecule has 0 amide bonds. The molecule has 15 heavy (non-hydrogen) atoms. The fourth-order valence-corrected chi connectivity index (χ4v) is 1.36. The molecule has 0 bridgehead atoms. The number of carbonyl (C=O) groups is 1. The van der Waals surface area contributed by atoms with Gasteiger partial charge in [0.2, 0.25) is 0 Å². The summed E-state index contributed by atoms with van der Waals surface area (Å²) >= 11 is 2.12. The maximum Gasteiger partial charge on any atom is 0.356 e. The zero-order chi connectivity index (χ0) is 10.8. The van der Waals surface area contributed by atoms with Crippen molar-refractivity contribution in [2.45, 2.75) is 0 Å². The van der Waals surface area contributed by atoms with Gasteiger partial charge < -0.3 is 5.11 Å². The number of carboxylic acid groups (broad SMARTS) is 1. The van der Waals surface area contributed by atoms with Gasteiger partial charge in [-0.1, -0.05) is 0 Å². The van der Waals surface area contributed by atoms with Gasteiger partial charge in [-0.25, -0.2) is 19.4 Å². The van der Waals surface area contributed by atoms with Crippen LogP contribution >= 0.6 is 22.6 Å². The standard InChI is InChI=1S/C8H5IN4O2/c9-5-1-12-13(4-5)7-3-10-6(2-11-7)8(14)15/h1-4H,(H,14,15). The van der Waals surface area contributed by atoms with Crippen LogP contribution in [0.2, 0.25) is 0 Å². The summed E-state index contributed by atoms with van der Waals surface area (Å²) in [6.45, 7) is 0. The summed E-state index contributed by atoms with van der Waals surface area (Å²) in [6, 6.07) is 0. The van der Waals surface area contributed by atoms with Gasteiger partial charge in [-0.05, 0) is 22.6 Å². The highest BCUT2D eigenvalue weighted by atomic mass is 127. The molecule has 0 aromatic carbocycles. The number of aromatic nitrogens is 4. The second-order valence-electron chi connectivity index (χ2n) is 2.67. The first kappa shape index (κ1) is 10.0. The molecule has 1 N–H and O–H groups in total. The number of rotatable bonds is 2. The van der Waals surface area contributed by atoms with Crippen molar-refractivity contribution >= 4 is 28.6 Å². The van der Waals surface area contributed by atoms with Crippen LogP contribution in [0.15, 0.2) is 24.8 Å². The Morgan fingerprint density at radius 3 is 2.60 bits per heavy atom. The Kier molecular flexibility index (Phi) is 2.62. The Bertz CT molecular complexity index is 494. The molecule has 2 aromatic rings. The summed E-state index contributed by atoms with van der Waals surface area (Å²) in [6.07, 6.45) is 6.01. The van der Waals surface area contributed by atoms with Crippen molar-refractivity contribution in [1.82, 2.24) is 19.7 Å². The summed E-state index contributed by atoms with van der Waals surface area (Å²) < 4.78 is 2.50. The molecule has 0 atom stereocenters. The molecule has 0 spiro atoms. The highest BCUT2D eigenvalue weighted by molar-refractivity contribution is 14.1. The third-order valence-corrected chi connectivity index (χ3v) is 2.20. The molecule has 76 valence electrons. The van der Waals surface area contributed by atoms with Gasteiger partial charge in [0, 0.05) is 6.20 Å². The number of halogens is 1. The van der Waals surface area contributed by atoms with E-state index in [1.165, 1.54) is 17.1 Å². The number of carboxylic acids is 1. The van der Waals surface area contributed by atoms with Gasteiger partial charge in [-0.3, -0.25) is 0 Å². The molecule has 0 radical (unpaired) electrons. The SMILES string of the molecule is O=C(O)c1cnc(-n2cc(I)cn2)cn1. The smallest absolute Gasteiger partial charge is 0.356 e. The predicted octanol–water partition coefficient (Wildman–Crippen LogP) is 0.965. The monoisotopic (exact) mass is 316 g/mol. The van der Waals surface area contributed by atoms with E-state index in [9.17, 15) is 4.79 Å². The maximum absolute atomic E-state index is 10.5. The lowest BCUT2D eigenvalue weighted by Crippen LogP contribution is -2.04. The van der Waals surface area contributed by atoms with Gasteiger partial charge in [0.15, 0.2) is 11.5 Å². The number of aromatic carboxylic acids is 1. The molecule has 2 heterocycles. The van der Waals surface area contributed by atoms with Crippen molar-refractivity contribution in [3.63, 3.8) is 0 Å². The Morgan fingerprint density at radius 2 is 2.13 bits per heavy atom. The van der Waals surface area contributed by atoms with Crippen molar-refractivity contribution in [3.05, 3.63) is 34.1 Å². The summed E-state index contributed by atoms with van der Waals surface area (Å²) in [7, 11) is 0. The first-order chi connectivity index (χ1) is 7.16. The van der Waals surface area contributed by atoms with Crippen molar-refractivity contribution < 1.29 is 9.90 Å². The van der Waals surface area contributed by atoms with Crippen LogP contribution in [-0.4, -0.2) is 30.8 Å². The fraction of sp³-hybridized carbons (Fsp3) is 0. The second kappa shape index (κ2) is 3.93. The zero-order valence-electron chi connectivity index (χ0n) is 7.33. The highest BCUT2D eigenvalue weighted by Gasteiger charge is 2.06. The van der Waals surface area contributed by atoms with Crippen molar-refractivity contribution in [2.24, 2.45) is 0 Å². The maximum atomic E-state index is 10.5. The van der Waals surface area contributed by atoms with Gasteiger partial charge in [-0.2, -0.15) is 5.10 Å². The van der Waals surface area contributed by atoms with Crippen LogP contribution in [-0.2, 0) is 0 Å². The fourth-order valence-electron chi connectivity index (χ4n) is 0.976. The summed E-state index contributed by atoms with van der Waals surface area (Å²) in [5, 5.41) is 12.6. The van der Waals surface area contributed by atoms with Crippen molar-refractivity contribution in [3.8, 4) is 5.82 Å². The topological polar surface area (TPSA) is 80.9 Å². The number of hydrogen-bond acceptors (Lipinski definition) is 4. The predicted molar refractivity (Wildman–Crippen MR) is 58.8 cm³/mol. The molecular formula is C8H5IN4O2. The second-order valence-corrected chi connectivity index (χ2v) is 3.91. The quantitative estimate of drug-likeness (QED) is 0.835. The first-order valence-corrected chi connectivity index (χ1v) is 5.00. The van der Waals surface area contributed by atoms with E-state index in [1.807, 2.05) is 0 Å². The van der Waals surface area contributed by atoms with E-state index in [0.717, 1.165) is 3.57 Å². The molecule has 0 aliphatic rings. The minimum atomic E-state index is -1.09. The van der Waals surface area contributed by atoms with Gasteiger partial charge in [0.25, 0.3) is 0 Å². The number of nitrogens with zero attached hydrogens (tertiary/aromatic N) is 4. The zero-order valence-corrected chi connectivity index (χ0v) is 9.49. The normalized spacial score (nSPS) is 10.2. The van der Waals surface area contributed by atoms with Crippen LogP contribution in [0.3, 0.4) is 0 Å². The summed E-state index contributed by atoms with van der Waals surface area (Å²) in [4.78, 5) is 18.2. The lowest BCUT2D eigenvalue weighted by Gasteiger charge is -1.98. The summed E-state index contributed by atoms with van der Waals surface area (Å²) in [5.41, 5.74) is -0.0828. The third-order valence-electron chi connectivity index (χ3n) is 1.64. The van der Waals surface area contributed by atoms with Crippen LogP contribution in [0.4, 0.5) is 0 Å². The molecule has 0 aliphatic heterocycles. The van der Waals surface area contributed by atoms with Crippen LogP contribution in [0, 0.1) is 3.57 Å². The van der Waals surface area contributed by atoms with Gasteiger partial charge in [-0.15, -0.1) is 0 Å². The van der Waals surface area contributed by atoms with E-state index < -0.39 is 5.97 Å². The van der Waals surface area contributed by atoms with Crippen LogP contribution in [0.1, 0.15) is 10.5 Å². The highest BCUT2D eigenvalue weighted by Crippen LogP contribution is 2.06. The Balaban J connectivity index is 2.35. The van der Waals surface area contributed by atoms with E-state index in [0.29, 0.717) is 5.82 Å². The van der Waals surface area contributed by atoms with Crippen LogP contribution in [0.5, 0.6) is 0 Å². The molecule has 2 aromatic heterocycles. The molecular weight excluding hydrogens is 311 g/mol. The van der Waals surface area contributed by atoms with Gasteiger partial charge >= 0.3 is 5.97 Å². The average Bonchev–Trinajstić information content (AvgIpc) is 2.65. The minimum Gasteiger partial charge on any atom is -0.476 e. The molecule has 0 fully saturated rings. The Labute approximate surface area is 98.1 Å². The molecule has 0 saturated carbocycles. The van der Waals surface area contributed by atoms with E-state index >= 15 is 0 Å². The minimum absolute atomic E-state index is 0.0828. The molecule has 7 heteroatoms. The largest absolute Gasteiger partial charge is 0.476 e. The molecule has 0 saturated heterocycles. The van der Waals surface area contributed by atoms with Gasteiger partial charge in [0.05, 0.1) is 22.2 Å². The lowest BCUT2D eigenvalue weighted by atomic mass is 10.4. The lowest BCUT2D eigenvalue weighted by molar-refractivity contribution is 0.0690.